The van der Waals surface area contributed by atoms with Crippen molar-refractivity contribution in [2.45, 2.75) is 32.9 Å². The Morgan fingerprint density at radius 1 is 1.20 bits per heavy atom. The second kappa shape index (κ2) is 9.43. The van der Waals surface area contributed by atoms with Crippen molar-refractivity contribution in [2.75, 3.05) is 24.5 Å². The summed E-state index contributed by atoms with van der Waals surface area (Å²) < 4.78 is 1.76. The molecule has 0 spiro atoms. The Bertz CT molecular complexity index is 963. The summed E-state index contributed by atoms with van der Waals surface area (Å²) in [6, 6.07) is 15.0. The molecular formula is C23H29N7. The van der Waals surface area contributed by atoms with Gasteiger partial charge in [-0.05, 0) is 56.2 Å². The second-order valence-corrected chi connectivity index (χ2v) is 7.58. The molecule has 1 aliphatic rings. The molecule has 3 heterocycles. The quantitative estimate of drug-likeness (QED) is 0.489. The highest BCUT2D eigenvalue weighted by atomic mass is 15.3. The van der Waals surface area contributed by atoms with Crippen LogP contribution in [0.3, 0.4) is 0 Å². The normalized spacial score (nSPS) is 16.7. The number of hydrogen-bond acceptors (Lipinski definition) is 4. The number of anilines is 1. The lowest BCUT2D eigenvalue weighted by molar-refractivity contribution is 0.649. The first-order chi connectivity index (χ1) is 14.7. The highest BCUT2D eigenvalue weighted by molar-refractivity contribution is 5.80. The maximum absolute atomic E-state index is 4.80. The minimum Gasteiger partial charge on any atom is -0.369 e. The average molecular weight is 404 g/mol. The number of rotatable bonds is 6. The zero-order chi connectivity index (χ0) is 20.8. The number of aromatic nitrogens is 3. The SMILES string of the molecule is CCNC(=NCc1ccnc(-n2cccn2)c1)NC1CCN(c2ccc(C)cc2)C1. The Labute approximate surface area is 177 Å². The van der Waals surface area contributed by atoms with Gasteiger partial charge in [0, 0.05) is 50.0 Å². The van der Waals surface area contributed by atoms with E-state index in [1.54, 1.807) is 17.1 Å². The zero-order valence-corrected chi connectivity index (χ0v) is 17.6. The molecule has 0 aliphatic carbocycles. The van der Waals surface area contributed by atoms with Crippen molar-refractivity contribution < 1.29 is 0 Å². The molecule has 156 valence electrons. The van der Waals surface area contributed by atoms with E-state index < -0.39 is 0 Å². The summed E-state index contributed by atoms with van der Waals surface area (Å²) in [5, 5.41) is 11.2. The van der Waals surface area contributed by atoms with E-state index in [0.717, 1.165) is 43.4 Å². The van der Waals surface area contributed by atoms with E-state index in [4.69, 9.17) is 4.99 Å². The van der Waals surface area contributed by atoms with Gasteiger partial charge in [0.15, 0.2) is 11.8 Å². The van der Waals surface area contributed by atoms with E-state index in [2.05, 4.69) is 63.7 Å². The zero-order valence-electron chi connectivity index (χ0n) is 17.6. The average Bonchev–Trinajstić information content (AvgIpc) is 3.46. The lowest BCUT2D eigenvalue weighted by atomic mass is 10.2. The van der Waals surface area contributed by atoms with Crippen LogP contribution in [0.2, 0.25) is 0 Å². The minimum absolute atomic E-state index is 0.376. The third kappa shape index (κ3) is 4.97. The van der Waals surface area contributed by atoms with Gasteiger partial charge in [0.2, 0.25) is 0 Å². The van der Waals surface area contributed by atoms with Crippen molar-refractivity contribution in [1.29, 1.82) is 0 Å². The van der Waals surface area contributed by atoms with Crippen LogP contribution in [0.1, 0.15) is 24.5 Å². The molecule has 1 aliphatic heterocycles. The number of benzene rings is 1. The molecule has 0 saturated carbocycles. The van der Waals surface area contributed by atoms with Gasteiger partial charge < -0.3 is 15.5 Å². The largest absolute Gasteiger partial charge is 0.369 e. The molecular weight excluding hydrogens is 374 g/mol. The van der Waals surface area contributed by atoms with Gasteiger partial charge >= 0.3 is 0 Å². The van der Waals surface area contributed by atoms with Crippen molar-refractivity contribution in [1.82, 2.24) is 25.4 Å². The standard InChI is InChI=1S/C23H29N7/c1-3-24-23(26-16-19-9-12-25-22(15-19)30-13-4-11-27-30)28-20-10-14-29(17-20)21-7-5-18(2)6-8-21/h4-9,11-13,15,20H,3,10,14,16-17H2,1-2H3,(H2,24,26,28). The van der Waals surface area contributed by atoms with Crippen molar-refractivity contribution in [3.05, 3.63) is 72.2 Å². The van der Waals surface area contributed by atoms with E-state index in [9.17, 15) is 0 Å². The molecule has 0 bridgehead atoms. The molecule has 1 atom stereocenters. The van der Waals surface area contributed by atoms with Crippen LogP contribution in [0.25, 0.3) is 5.82 Å². The Kier molecular flexibility index (Phi) is 6.27. The van der Waals surface area contributed by atoms with Gasteiger partial charge in [0.25, 0.3) is 0 Å². The molecule has 4 rings (SSSR count). The van der Waals surface area contributed by atoms with Crippen LogP contribution in [-0.4, -0.2) is 46.4 Å². The van der Waals surface area contributed by atoms with Gasteiger partial charge in [-0.25, -0.2) is 14.7 Å². The van der Waals surface area contributed by atoms with E-state index in [-0.39, 0.29) is 0 Å². The number of nitrogens with one attached hydrogen (secondary N) is 2. The smallest absolute Gasteiger partial charge is 0.191 e. The first-order valence-corrected chi connectivity index (χ1v) is 10.5. The number of guanidine groups is 1. The van der Waals surface area contributed by atoms with E-state index in [1.165, 1.54) is 11.3 Å². The fraction of sp³-hybridized carbons (Fsp3) is 0.348. The molecule has 30 heavy (non-hydrogen) atoms. The Hall–Kier alpha value is -3.35. The number of hydrogen-bond donors (Lipinski definition) is 2. The topological polar surface area (TPSA) is 70.4 Å². The predicted octanol–water partition coefficient (Wildman–Crippen LogP) is 2.91. The van der Waals surface area contributed by atoms with Crippen LogP contribution < -0.4 is 15.5 Å². The Balaban J connectivity index is 1.38. The summed E-state index contributed by atoms with van der Waals surface area (Å²) in [5.74, 6) is 1.65. The predicted molar refractivity (Wildman–Crippen MR) is 121 cm³/mol. The second-order valence-electron chi connectivity index (χ2n) is 7.58. The summed E-state index contributed by atoms with van der Waals surface area (Å²) in [6.45, 7) is 7.66. The third-order valence-electron chi connectivity index (χ3n) is 5.24. The van der Waals surface area contributed by atoms with Gasteiger partial charge in [-0.2, -0.15) is 5.10 Å². The van der Waals surface area contributed by atoms with Crippen molar-refractivity contribution in [2.24, 2.45) is 4.99 Å². The number of aliphatic imine (C=N–C) groups is 1. The summed E-state index contributed by atoms with van der Waals surface area (Å²) in [4.78, 5) is 11.6. The summed E-state index contributed by atoms with van der Waals surface area (Å²) in [5.41, 5.74) is 3.68. The van der Waals surface area contributed by atoms with E-state index in [0.29, 0.717) is 12.6 Å². The molecule has 0 radical (unpaired) electrons. The lowest BCUT2D eigenvalue weighted by Gasteiger charge is -2.20. The van der Waals surface area contributed by atoms with Gasteiger partial charge in [0.05, 0.1) is 6.54 Å². The van der Waals surface area contributed by atoms with Gasteiger partial charge in [-0.15, -0.1) is 0 Å². The molecule has 2 aromatic heterocycles. The maximum Gasteiger partial charge on any atom is 0.191 e. The van der Waals surface area contributed by atoms with Crippen molar-refractivity contribution >= 4 is 11.6 Å². The number of pyridine rings is 1. The van der Waals surface area contributed by atoms with Crippen molar-refractivity contribution in [3.63, 3.8) is 0 Å². The van der Waals surface area contributed by atoms with Crippen LogP contribution in [0.4, 0.5) is 5.69 Å². The van der Waals surface area contributed by atoms with Gasteiger partial charge in [-0.3, -0.25) is 0 Å². The third-order valence-corrected chi connectivity index (χ3v) is 5.24. The number of nitrogens with zero attached hydrogens (tertiary/aromatic N) is 5. The summed E-state index contributed by atoms with van der Waals surface area (Å²) >= 11 is 0. The highest BCUT2D eigenvalue weighted by Gasteiger charge is 2.23. The molecule has 1 saturated heterocycles. The van der Waals surface area contributed by atoms with Gasteiger partial charge in [-0.1, -0.05) is 17.7 Å². The van der Waals surface area contributed by atoms with Crippen LogP contribution in [0.5, 0.6) is 0 Å². The van der Waals surface area contributed by atoms with E-state index in [1.807, 2.05) is 24.4 Å². The molecule has 1 unspecified atom stereocenters. The highest BCUT2D eigenvalue weighted by Crippen LogP contribution is 2.20. The monoisotopic (exact) mass is 403 g/mol. The number of aryl methyl sites for hydroxylation is 1. The van der Waals surface area contributed by atoms with Crippen LogP contribution in [-0.2, 0) is 6.54 Å². The van der Waals surface area contributed by atoms with Crippen LogP contribution in [0, 0.1) is 6.92 Å². The van der Waals surface area contributed by atoms with E-state index >= 15 is 0 Å². The summed E-state index contributed by atoms with van der Waals surface area (Å²) in [7, 11) is 0. The van der Waals surface area contributed by atoms with Gasteiger partial charge in [0.1, 0.15) is 0 Å². The fourth-order valence-electron chi connectivity index (χ4n) is 3.64. The molecule has 0 amide bonds. The van der Waals surface area contributed by atoms with Crippen molar-refractivity contribution in [3.8, 4) is 5.82 Å². The minimum atomic E-state index is 0.376. The molecule has 7 heteroatoms. The van der Waals surface area contributed by atoms with Crippen LogP contribution in [0.15, 0.2) is 66.0 Å². The fourth-order valence-corrected chi connectivity index (χ4v) is 3.64. The Morgan fingerprint density at radius 2 is 2.07 bits per heavy atom. The molecule has 2 N–H and O–H groups in total. The summed E-state index contributed by atoms with van der Waals surface area (Å²) in [6.07, 6.45) is 6.54. The molecule has 1 fully saturated rings. The molecule has 7 nitrogen and oxygen atoms in total. The maximum atomic E-state index is 4.80. The lowest BCUT2D eigenvalue weighted by Crippen LogP contribution is -2.44. The Morgan fingerprint density at radius 3 is 2.83 bits per heavy atom. The molecule has 1 aromatic carbocycles. The molecule has 3 aromatic rings. The first kappa shape index (κ1) is 19.9. The first-order valence-electron chi connectivity index (χ1n) is 10.5. The van der Waals surface area contributed by atoms with Crippen LogP contribution >= 0.6 is 0 Å².